The van der Waals surface area contributed by atoms with Gasteiger partial charge in [-0.15, -0.1) is 0 Å². The van der Waals surface area contributed by atoms with Crippen molar-refractivity contribution in [3.8, 4) is 0 Å². The number of carbonyl (C=O) groups excluding carboxylic acids is 2. The minimum Gasteiger partial charge on any atom is -0.747 e. The predicted molar refractivity (Wildman–Crippen MR) is 72.2 cm³/mol. The number of rotatable bonds is 14. The largest absolute Gasteiger partial charge is 1.00 e. The molecular formula is C12H20Na2O10S. The maximum absolute atomic E-state index is 11.4. The summed E-state index contributed by atoms with van der Waals surface area (Å²) in [7, 11) is -5.14. The van der Waals surface area contributed by atoms with Gasteiger partial charge in [-0.05, 0) is 6.92 Å². The molecule has 0 aliphatic carbocycles. The van der Waals surface area contributed by atoms with Crippen LogP contribution in [-0.4, -0.2) is 76.4 Å². The first-order chi connectivity index (χ1) is 10.8. The molecule has 1 unspecified atom stereocenters. The summed E-state index contributed by atoms with van der Waals surface area (Å²) in [5.74, 6) is -3.28. The summed E-state index contributed by atoms with van der Waals surface area (Å²) in [6.45, 7) is 3.48. The van der Waals surface area contributed by atoms with Crippen LogP contribution in [0.5, 0.6) is 0 Å². The van der Waals surface area contributed by atoms with Crippen molar-refractivity contribution in [3.63, 3.8) is 0 Å². The van der Waals surface area contributed by atoms with Gasteiger partial charge < -0.3 is 33.4 Å². The molecule has 0 bridgehead atoms. The summed E-state index contributed by atoms with van der Waals surface area (Å²) < 4.78 is 52.1. The van der Waals surface area contributed by atoms with Crippen LogP contribution in [0.1, 0.15) is 13.3 Å². The Morgan fingerprint density at radius 1 is 0.920 bits per heavy atom. The van der Waals surface area contributed by atoms with Crippen LogP contribution in [0.25, 0.3) is 0 Å². The molecule has 0 aliphatic heterocycles. The van der Waals surface area contributed by atoms with Gasteiger partial charge in [0.05, 0.1) is 33.0 Å². The molecule has 0 aromatic rings. The molecule has 0 saturated heterocycles. The van der Waals surface area contributed by atoms with Gasteiger partial charge in [-0.1, -0.05) is 0 Å². The summed E-state index contributed by atoms with van der Waals surface area (Å²) in [6.07, 6.45) is -1.25. The molecular weight excluding hydrogens is 382 g/mol. The number of carboxylic acids is 1. The van der Waals surface area contributed by atoms with E-state index in [0.29, 0.717) is 26.4 Å². The van der Waals surface area contributed by atoms with Gasteiger partial charge >= 0.3 is 65.1 Å². The second-order valence-corrected chi connectivity index (χ2v) is 5.70. The zero-order valence-corrected chi connectivity index (χ0v) is 19.5. The standard InChI is InChI=1S/C12H22O10S.2Na/c1-2-19-3-4-20-5-6-21-7-8-22-12(15)10(9-11(13)14)23(16,17)18;;/h10H,2-9H2,1H3,(H,13,14)(H,16,17,18);;/q;2*+1/p-2. The van der Waals surface area contributed by atoms with Crippen molar-refractivity contribution in [2.24, 2.45) is 0 Å². The molecule has 0 radical (unpaired) electrons. The van der Waals surface area contributed by atoms with Gasteiger partial charge in [0.1, 0.15) is 16.7 Å². The number of hydrogen-bond donors (Lipinski definition) is 0. The van der Waals surface area contributed by atoms with Crippen LogP contribution in [0, 0.1) is 0 Å². The van der Waals surface area contributed by atoms with Gasteiger partial charge in [0.15, 0.2) is 5.25 Å². The summed E-state index contributed by atoms with van der Waals surface area (Å²) in [6, 6.07) is 0. The van der Waals surface area contributed by atoms with E-state index in [0.717, 1.165) is 0 Å². The summed E-state index contributed by atoms with van der Waals surface area (Å²) in [5.41, 5.74) is 0. The van der Waals surface area contributed by atoms with Crippen molar-refractivity contribution in [1.29, 1.82) is 0 Å². The molecule has 10 nitrogen and oxygen atoms in total. The van der Waals surface area contributed by atoms with Crippen molar-refractivity contribution in [2.75, 3.05) is 46.2 Å². The van der Waals surface area contributed by atoms with Crippen LogP contribution < -0.4 is 64.2 Å². The van der Waals surface area contributed by atoms with Crippen LogP contribution in [-0.2, 0) is 38.7 Å². The molecule has 0 heterocycles. The van der Waals surface area contributed by atoms with Gasteiger partial charge in [-0.2, -0.15) is 0 Å². The number of carboxylic acid groups (broad SMARTS) is 1. The zero-order valence-electron chi connectivity index (χ0n) is 14.7. The quantitative estimate of drug-likeness (QED) is 0.119. The zero-order chi connectivity index (χ0) is 17.7. The van der Waals surface area contributed by atoms with Crippen molar-refractivity contribution < 1.29 is 106 Å². The second kappa shape index (κ2) is 18.1. The number of esters is 1. The number of hydrogen-bond acceptors (Lipinski definition) is 10. The molecule has 0 aliphatic rings. The third-order valence-electron chi connectivity index (χ3n) is 2.38. The molecule has 0 spiro atoms. The van der Waals surface area contributed by atoms with Gasteiger partial charge in [0.25, 0.3) is 0 Å². The van der Waals surface area contributed by atoms with E-state index in [1.165, 1.54) is 0 Å². The number of ether oxygens (including phenoxy) is 4. The topological polar surface area (TPSA) is 151 Å². The first-order valence-corrected chi connectivity index (χ1v) is 8.30. The van der Waals surface area contributed by atoms with Crippen LogP contribution in [0.15, 0.2) is 0 Å². The Morgan fingerprint density at radius 3 is 1.76 bits per heavy atom. The Labute approximate surface area is 191 Å². The summed E-state index contributed by atoms with van der Waals surface area (Å²) in [4.78, 5) is 21.7. The molecule has 0 amide bonds. The Balaban J connectivity index is -0.00000242. The first-order valence-electron chi connectivity index (χ1n) is 6.83. The maximum Gasteiger partial charge on any atom is 1.00 e. The fourth-order valence-corrected chi connectivity index (χ4v) is 1.98. The third-order valence-corrected chi connectivity index (χ3v) is 3.44. The normalized spacial score (nSPS) is 11.8. The molecule has 0 aromatic carbocycles. The monoisotopic (exact) mass is 402 g/mol. The van der Waals surface area contributed by atoms with Gasteiger partial charge in [0.2, 0.25) is 0 Å². The molecule has 1 atom stereocenters. The summed E-state index contributed by atoms with van der Waals surface area (Å²) >= 11 is 0. The van der Waals surface area contributed by atoms with E-state index >= 15 is 0 Å². The van der Waals surface area contributed by atoms with E-state index in [1.54, 1.807) is 0 Å². The van der Waals surface area contributed by atoms with E-state index in [-0.39, 0.29) is 78.9 Å². The van der Waals surface area contributed by atoms with Crippen molar-refractivity contribution in [1.82, 2.24) is 0 Å². The molecule has 0 rings (SSSR count). The van der Waals surface area contributed by atoms with E-state index in [2.05, 4.69) is 4.74 Å². The predicted octanol–water partition coefficient (Wildman–Crippen LogP) is -8.34. The molecule has 136 valence electrons. The maximum atomic E-state index is 11.4. The molecule has 0 fully saturated rings. The van der Waals surface area contributed by atoms with E-state index in [9.17, 15) is 27.7 Å². The van der Waals surface area contributed by atoms with Crippen LogP contribution >= 0.6 is 0 Å². The third kappa shape index (κ3) is 17.9. The second-order valence-electron chi connectivity index (χ2n) is 4.15. The molecule has 0 saturated carbocycles. The SMILES string of the molecule is CCOCCOCCOCCOC(=O)C(CC(=O)[O-])S(=O)(=O)[O-].[Na+].[Na+]. The minimum atomic E-state index is -5.14. The smallest absolute Gasteiger partial charge is 0.747 e. The minimum absolute atomic E-state index is 0. The summed E-state index contributed by atoms with van der Waals surface area (Å²) in [5, 5.41) is 8.01. The fraction of sp³-hybridized carbons (Fsp3) is 0.833. The Morgan fingerprint density at radius 2 is 1.36 bits per heavy atom. The molecule has 0 N–H and O–H groups in total. The number of carbonyl (C=O) groups is 2. The Bertz CT molecular complexity index is 457. The van der Waals surface area contributed by atoms with Crippen molar-refractivity contribution in [2.45, 2.75) is 18.6 Å². The Kier molecular flexibility index (Phi) is 22.1. The van der Waals surface area contributed by atoms with Crippen molar-refractivity contribution in [3.05, 3.63) is 0 Å². The fourth-order valence-electron chi connectivity index (χ4n) is 1.33. The van der Waals surface area contributed by atoms with E-state index in [4.69, 9.17) is 14.2 Å². The van der Waals surface area contributed by atoms with Crippen LogP contribution in [0.2, 0.25) is 0 Å². The molecule has 0 aromatic heterocycles. The first kappa shape index (κ1) is 30.5. The molecule has 13 heteroatoms. The number of aliphatic carboxylic acids is 1. The Hall–Kier alpha value is 0.730. The van der Waals surface area contributed by atoms with Gasteiger partial charge in [-0.25, -0.2) is 8.42 Å². The van der Waals surface area contributed by atoms with E-state index in [1.807, 2.05) is 6.92 Å². The molecule has 25 heavy (non-hydrogen) atoms. The van der Waals surface area contributed by atoms with Gasteiger partial charge in [0, 0.05) is 19.0 Å². The average molecular weight is 402 g/mol. The van der Waals surface area contributed by atoms with Gasteiger partial charge in [-0.3, -0.25) is 4.79 Å². The van der Waals surface area contributed by atoms with E-state index < -0.39 is 33.7 Å². The average Bonchev–Trinajstić information content (AvgIpc) is 2.45. The van der Waals surface area contributed by atoms with Crippen LogP contribution in [0.3, 0.4) is 0 Å². The van der Waals surface area contributed by atoms with Crippen LogP contribution in [0.4, 0.5) is 0 Å². The van der Waals surface area contributed by atoms with Crippen molar-refractivity contribution >= 4 is 22.1 Å².